The van der Waals surface area contributed by atoms with Crippen molar-refractivity contribution in [2.75, 3.05) is 27.3 Å². The van der Waals surface area contributed by atoms with Crippen molar-refractivity contribution in [1.82, 2.24) is 15.1 Å². The lowest BCUT2D eigenvalue weighted by molar-refractivity contribution is 0.0748. The highest BCUT2D eigenvalue weighted by Gasteiger charge is 2.25. The van der Waals surface area contributed by atoms with Crippen LogP contribution in [0, 0.1) is 0 Å². The standard InChI is InChI=1S/C24H27N3O3/c1-29-19-12-10-17(11-13-19)18-7-5-6-14-27(16-18)24(28)22-15-21(25-26-22)20-8-3-4-9-23(20)30-2/h3-4,8-13,15,18H,5-7,14,16H2,1-2H3,(H,25,26). The van der Waals surface area contributed by atoms with E-state index in [2.05, 4.69) is 22.3 Å². The summed E-state index contributed by atoms with van der Waals surface area (Å²) in [6, 6.07) is 17.7. The van der Waals surface area contributed by atoms with Gasteiger partial charge in [-0.2, -0.15) is 5.10 Å². The quantitative estimate of drug-likeness (QED) is 0.678. The molecule has 1 saturated heterocycles. The zero-order chi connectivity index (χ0) is 20.9. The lowest BCUT2D eigenvalue weighted by Crippen LogP contribution is -2.34. The van der Waals surface area contributed by atoms with E-state index in [1.807, 2.05) is 47.4 Å². The van der Waals surface area contributed by atoms with E-state index >= 15 is 0 Å². The van der Waals surface area contributed by atoms with Crippen LogP contribution in [-0.2, 0) is 0 Å². The number of aromatic amines is 1. The van der Waals surface area contributed by atoms with Gasteiger partial charge in [0.25, 0.3) is 5.91 Å². The normalized spacial score (nSPS) is 16.7. The molecule has 1 N–H and O–H groups in total. The van der Waals surface area contributed by atoms with Crippen molar-refractivity contribution in [3.63, 3.8) is 0 Å². The highest BCUT2D eigenvalue weighted by molar-refractivity contribution is 5.93. The molecule has 4 rings (SSSR count). The number of carbonyl (C=O) groups is 1. The summed E-state index contributed by atoms with van der Waals surface area (Å²) >= 11 is 0. The van der Waals surface area contributed by atoms with Gasteiger partial charge in [-0.05, 0) is 48.7 Å². The van der Waals surface area contributed by atoms with Crippen LogP contribution in [0.2, 0.25) is 0 Å². The van der Waals surface area contributed by atoms with E-state index in [4.69, 9.17) is 9.47 Å². The van der Waals surface area contributed by atoms with E-state index in [9.17, 15) is 4.79 Å². The molecular weight excluding hydrogens is 378 g/mol. The minimum Gasteiger partial charge on any atom is -0.497 e. The first-order valence-corrected chi connectivity index (χ1v) is 10.3. The van der Waals surface area contributed by atoms with E-state index in [1.165, 1.54) is 5.56 Å². The van der Waals surface area contributed by atoms with Crippen molar-refractivity contribution in [3.05, 3.63) is 65.9 Å². The number of hydrogen-bond acceptors (Lipinski definition) is 4. The lowest BCUT2D eigenvalue weighted by Gasteiger charge is -2.24. The van der Waals surface area contributed by atoms with Gasteiger partial charge in [-0.15, -0.1) is 0 Å². The third-order valence-electron chi connectivity index (χ3n) is 5.74. The number of amides is 1. The monoisotopic (exact) mass is 405 g/mol. The molecule has 1 aliphatic rings. The average molecular weight is 405 g/mol. The second-order valence-corrected chi connectivity index (χ2v) is 7.58. The van der Waals surface area contributed by atoms with Gasteiger partial charge >= 0.3 is 0 Å². The second-order valence-electron chi connectivity index (χ2n) is 7.58. The first-order chi connectivity index (χ1) is 14.7. The predicted octanol–water partition coefficient (Wildman–Crippen LogP) is 4.50. The summed E-state index contributed by atoms with van der Waals surface area (Å²) in [5, 5.41) is 7.29. The molecule has 1 atom stereocenters. The fraction of sp³-hybridized carbons (Fsp3) is 0.333. The van der Waals surface area contributed by atoms with Crippen LogP contribution in [0.1, 0.15) is 41.2 Å². The fourth-order valence-electron chi connectivity index (χ4n) is 4.07. The number of aromatic nitrogens is 2. The Bertz CT molecular complexity index is 997. The molecule has 1 unspecified atom stereocenters. The Labute approximate surface area is 176 Å². The summed E-state index contributed by atoms with van der Waals surface area (Å²) in [5.74, 6) is 1.89. The number of ether oxygens (including phenoxy) is 2. The smallest absolute Gasteiger partial charge is 0.271 e. The molecule has 2 aromatic carbocycles. The molecule has 1 aromatic heterocycles. The maximum Gasteiger partial charge on any atom is 0.271 e. The number of benzene rings is 2. The molecule has 6 heteroatoms. The maximum absolute atomic E-state index is 13.2. The second kappa shape index (κ2) is 9.03. The van der Waals surface area contributed by atoms with E-state index in [-0.39, 0.29) is 5.91 Å². The summed E-state index contributed by atoms with van der Waals surface area (Å²) in [6.07, 6.45) is 3.19. The van der Waals surface area contributed by atoms with Crippen molar-refractivity contribution in [2.24, 2.45) is 0 Å². The number of para-hydroxylation sites is 1. The van der Waals surface area contributed by atoms with Crippen LogP contribution < -0.4 is 9.47 Å². The Morgan fingerprint density at radius 3 is 2.63 bits per heavy atom. The molecule has 0 bridgehead atoms. The van der Waals surface area contributed by atoms with Crippen LogP contribution in [0.15, 0.2) is 54.6 Å². The Morgan fingerprint density at radius 1 is 1.07 bits per heavy atom. The fourth-order valence-corrected chi connectivity index (χ4v) is 4.07. The molecule has 0 radical (unpaired) electrons. The summed E-state index contributed by atoms with van der Waals surface area (Å²) in [7, 11) is 3.30. The highest BCUT2D eigenvalue weighted by Crippen LogP contribution is 2.30. The number of rotatable bonds is 5. The van der Waals surface area contributed by atoms with E-state index in [1.54, 1.807) is 14.2 Å². The minimum atomic E-state index is -0.0101. The van der Waals surface area contributed by atoms with Gasteiger partial charge in [0, 0.05) is 24.6 Å². The minimum absolute atomic E-state index is 0.0101. The molecule has 2 heterocycles. The SMILES string of the molecule is COc1ccc(C2CCCCN(C(=O)c3cc(-c4ccccc4OC)n[nH]3)C2)cc1. The summed E-state index contributed by atoms with van der Waals surface area (Å²) in [4.78, 5) is 15.2. The molecule has 30 heavy (non-hydrogen) atoms. The van der Waals surface area contributed by atoms with Gasteiger partial charge in [0.15, 0.2) is 0 Å². The van der Waals surface area contributed by atoms with Crippen molar-refractivity contribution in [2.45, 2.75) is 25.2 Å². The Balaban J connectivity index is 1.53. The average Bonchev–Trinajstić information content (AvgIpc) is 3.16. The van der Waals surface area contributed by atoms with Crippen molar-refractivity contribution in [3.8, 4) is 22.8 Å². The first-order valence-electron chi connectivity index (χ1n) is 10.3. The summed E-state index contributed by atoms with van der Waals surface area (Å²) in [6.45, 7) is 1.46. The van der Waals surface area contributed by atoms with Crippen molar-refractivity contribution < 1.29 is 14.3 Å². The Hall–Kier alpha value is -3.28. The van der Waals surface area contributed by atoms with Gasteiger partial charge in [0.05, 0.1) is 19.9 Å². The maximum atomic E-state index is 13.2. The molecule has 1 aliphatic heterocycles. The van der Waals surface area contributed by atoms with Gasteiger partial charge in [-0.25, -0.2) is 0 Å². The van der Waals surface area contributed by atoms with E-state index < -0.39 is 0 Å². The molecule has 156 valence electrons. The third-order valence-corrected chi connectivity index (χ3v) is 5.74. The van der Waals surface area contributed by atoms with E-state index in [0.717, 1.165) is 42.9 Å². The molecule has 3 aromatic rings. The molecule has 6 nitrogen and oxygen atoms in total. The molecular formula is C24H27N3O3. The van der Waals surface area contributed by atoms with Crippen LogP contribution in [0.25, 0.3) is 11.3 Å². The van der Waals surface area contributed by atoms with Gasteiger partial charge in [0.1, 0.15) is 17.2 Å². The van der Waals surface area contributed by atoms with Crippen LogP contribution in [-0.4, -0.2) is 48.3 Å². The molecule has 0 spiro atoms. The van der Waals surface area contributed by atoms with Gasteiger partial charge in [0.2, 0.25) is 0 Å². The Morgan fingerprint density at radius 2 is 1.87 bits per heavy atom. The third kappa shape index (κ3) is 4.17. The number of likely N-dealkylation sites (tertiary alicyclic amines) is 1. The largest absolute Gasteiger partial charge is 0.497 e. The van der Waals surface area contributed by atoms with Crippen LogP contribution in [0.3, 0.4) is 0 Å². The number of methoxy groups -OCH3 is 2. The first kappa shape index (κ1) is 20.0. The number of carbonyl (C=O) groups excluding carboxylic acids is 1. The topological polar surface area (TPSA) is 67.4 Å². The van der Waals surface area contributed by atoms with E-state index in [0.29, 0.717) is 23.9 Å². The van der Waals surface area contributed by atoms with Crippen molar-refractivity contribution >= 4 is 5.91 Å². The number of nitrogens with zero attached hydrogens (tertiary/aromatic N) is 2. The number of hydrogen-bond donors (Lipinski definition) is 1. The van der Waals surface area contributed by atoms with Crippen molar-refractivity contribution in [1.29, 1.82) is 0 Å². The highest BCUT2D eigenvalue weighted by atomic mass is 16.5. The van der Waals surface area contributed by atoms with Gasteiger partial charge < -0.3 is 14.4 Å². The zero-order valence-electron chi connectivity index (χ0n) is 17.4. The predicted molar refractivity (Wildman–Crippen MR) is 116 cm³/mol. The molecule has 0 saturated carbocycles. The molecule has 1 fully saturated rings. The summed E-state index contributed by atoms with van der Waals surface area (Å²) in [5.41, 5.74) is 3.32. The van der Waals surface area contributed by atoms with Gasteiger partial charge in [-0.1, -0.05) is 30.7 Å². The van der Waals surface area contributed by atoms with Crippen LogP contribution in [0.4, 0.5) is 0 Å². The lowest BCUT2D eigenvalue weighted by atomic mass is 9.94. The number of nitrogens with one attached hydrogen (secondary N) is 1. The number of H-pyrrole nitrogens is 1. The Kier molecular flexibility index (Phi) is 6.02. The van der Waals surface area contributed by atoms with Crippen LogP contribution in [0.5, 0.6) is 11.5 Å². The summed E-state index contributed by atoms with van der Waals surface area (Å²) < 4.78 is 10.7. The molecule has 0 aliphatic carbocycles. The molecule has 1 amide bonds. The van der Waals surface area contributed by atoms with Gasteiger partial charge in [-0.3, -0.25) is 9.89 Å². The zero-order valence-corrected chi connectivity index (χ0v) is 17.4. The van der Waals surface area contributed by atoms with Crippen LogP contribution >= 0.6 is 0 Å².